The van der Waals surface area contributed by atoms with Gasteiger partial charge in [-0.1, -0.05) is 13.8 Å². The van der Waals surface area contributed by atoms with Crippen LogP contribution in [0.2, 0.25) is 0 Å². The SMILES string of the molecule is CCn1nc(CC(C)C)cc1C(=O)N[C@H](C)Cn1nc(C)cc1C. The molecular formula is C18H29N5O. The normalized spacial score (nSPS) is 12.6. The lowest BCUT2D eigenvalue weighted by molar-refractivity contribution is 0.0925. The van der Waals surface area contributed by atoms with Gasteiger partial charge in [-0.25, -0.2) is 0 Å². The zero-order valence-corrected chi connectivity index (χ0v) is 15.6. The molecule has 2 aromatic rings. The average Bonchev–Trinajstić information content (AvgIpc) is 3.01. The Labute approximate surface area is 144 Å². The third-order valence-electron chi connectivity index (χ3n) is 3.91. The van der Waals surface area contributed by atoms with Crippen molar-refractivity contribution in [3.8, 4) is 0 Å². The van der Waals surface area contributed by atoms with Crippen molar-refractivity contribution in [1.82, 2.24) is 24.9 Å². The van der Waals surface area contributed by atoms with Crippen LogP contribution in [-0.4, -0.2) is 31.5 Å². The summed E-state index contributed by atoms with van der Waals surface area (Å²) < 4.78 is 3.71. The Hall–Kier alpha value is -2.11. The topological polar surface area (TPSA) is 64.7 Å². The Morgan fingerprint density at radius 1 is 1.17 bits per heavy atom. The van der Waals surface area contributed by atoms with Crippen LogP contribution in [0, 0.1) is 19.8 Å². The molecule has 1 N–H and O–H groups in total. The second-order valence-corrected chi connectivity index (χ2v) is 6.92. The van der Waals surface area contributed by atoms with Crippen molar-refractivity contribution in [3.05, 3.63) is 34.9 Å². The van der Waals surface area contributed by atoms with Gasteiger partial charge in [0, 0.05) is 18.3 Å². The minimum Gasteiger partial charge on any atom is -0.346 e. The van der Waals surface area contributed by atoms with Crippen molar-refractivity contribution in [1.29, 1.82) is 0 Å². The lowest BCUT2D eigenvalue weighted by Gasteiger charge is -2.15. The van der Waals surface area contributed by atoms with E-state index >= 15 is 0 Å². The van der Waals surface area contributed by atoms with E-state index in [0.717, 1.165) is 23.5 Å². The monoisotopic (exact) mass is 331 g/mol. The molecule has 0 spiro atoms. The first kappa shape index (κ1) is 18.2. The van der Waals surface area contributed by atoms with Gasteiger partial charge in [-0.15, -0.1) is 0 Å². The molecule has 2 aromatic heterocycles. The second kappa shape index (κ2) is 7.64. The zero-order chi connectivity index (χ0) is 17.9. The maximum Gasteiger partial charge on any atom is 0.269 e. The highest BCUT2D eigenvalue weighted by atomic mass is 16.2. The lowest BCUT2D eigenvalue weighted by Crippen LogP contribution is -2.37. The van der Waals surface area contributed by atoms with Crippen LogP contribution in [0.3, 0.4) is 0 Å². The summed E-state index contributed by atoms with van der Waals surface area (Å²) in [6.07, 6.45) is 0.884. The van der Waals surface area contributed by atoms with Crippen LogP contribution < -0.4 is 5.32 Å². The second-order valence-electron chi connectivity index (χ2n) is 6.92. The number of aromatic nitrogens is 4. The minimum atomic E-state index is -0.0756. The van der Waals surface area contributed by atoms with E-state index in [1.165, 1.54) is 0 Å². The molecule has 0 bridgehead atoms. The minimum absolute atomic E-state index is 0.00995. The van der Waals surface area contributed by atoms with E-state index in [2.05, 4.69) is 29.4 Å². The van der Waals surface area contributed by atoms with Crippen molar-refractivity contribution in [2.75, 3.05) is 0 Å². The highest BCUT2D eigenvalue weighted by Crippen LogP contribution is 2.11. The largest absolute Gasteiger partial charge is 0.346 e. The van der Waals surface area contributed by atoms with Gasteiger partial charge in [0.05, 0.1) is 17.9 Å². The summed E-state index contributed by atoms with van der Waals surface area (Å²) in [4.78, 5) is 12.6. The Kier molecular flexibility index (Phi) is 5.80. The Balaban J connectivity index is 2.05. The number of nitrogens with one attached hydrogen (secondary N) is 1. The molecule has 1 atom stereocenters. The summed E-state index contributed by atoms with van der Waals surface area (Å²) in [5.41, 5.74) is 3.70. The van der Waals surface area contributed by atoms with Gasteiger partial charge in [0.15, 0.2) is 0 Å². The van der Waals surface area contributed by atoms with Gasteiger partial charge in [0.2, 0.25) is 0 Å². The van der Waals surface area contributed by atoms with Crippen LogP contribution in [0.25, 0.3) is 0 Å². The first-order chi connectivity index (χ1) is 11.3. The molecule has 0 aromatic carbocycles. The van der Waals surface area contributed by atoms with Crippen LogP contribution in [0.15, 0.2) is 12.1 Å². The quantitative estimate of drug-likeness (QED) is 0.848. The van der Waals surface area contributed by atoms with Crippen LogP contribution in [0.1, 0.15) is 55.3 Å². The standard InChI is InChI=1S/C18H29N5O/c1-7-22-17(10-16(21-22)8-12(2)3)18(24)19-14(5)11-23-15(6)9-13(4)20-23/h9-10,12,14H,7-8,11H2,1-6H3,(H,19,24)/t14-/m1/s1. The van der Waals surface area contributed by atoms with Crippen LogP contribution in [0.4, 0.5) is 0 Å². The van der Waals surface area contributed by atoms with E-state index in [4.69, 9.17) is 0 Å². The van der Waals surface area contributed by atoms with E-state index < -0.39 is 0 Å². The van der Waals surface area contributed by atoms with E-state index in [0.29, 0.717) is 24.7 Å². The molecule has 0 unspecified atom stereocenters. The molecule has 0 aliphatic rings. The number of hydrogen-bond donors (Lipinski definition) is 1. The number of carbonyl (C=O) groups excluding carboxylic acids is 1. The highest BCUT2D eigenvalue weighted by molar-refractivity contribution is 5.92. The molecule has 6 heteroatoms. The first-order valence-electron chi connectivity index (χ1n) is 8.68. The zero-order valence-electron chi connectivity index (χ0n) is 15.6. The van der Waals surface area contributed by atoms with E-state index in [-0.39, 0.29) is 11.9 Å². The molecule has 0 saturated carbocycles. The molecular weight excluding hydrogens is 302 g/mol. The number of amides is 1. The van der Waals surface area contributed by atoms with Crippen molar-refractivity contribution >= 4 is 5.91 Å². The van der Waals surface area contributed by atoms with Gasteiger partial charge in [-0.2, -0.15) is 10.2 Å². The fourth-order valence-corrected chi connectivity index (χ4v) is 2.87. The van der Waals surface area contributed by atoms with Crippen LogP contribution in [0.5, 0.6) is 0 Å². The molecule has 0 aliphatic heterocycles. The van der Waals surface area contributed by atoms with E-state index in [1.54, 1.807) is 4.68 Å². The van der Waals surface area contributed by atoms with Crippen LogP contribution >= 0.6 is 0 Å². The van der Waals surface area contributed by atoms with E-state index in [1.807, 2.05) is 44.5 Å². The summed E-state index contributed by atoms with van der Waals surface area (Å²) in [5.74, 6) is 0.444. The fourth-order valence-electron chi connectivity index (χ4n) is 2.87. The van der Waals surface area contributed by atoms with Gasteiger partial charge in [0.25, 0.3) is 5.91 Å². The number of hydrogen-bond acceptors (Lipinski definition) is 3. The fraction of sp³-hybridized carbons (Fsp3) is 0.611. The van der Waals surface area contributed by atoms with Gasteiger partial charge in [-0.3, -0.25) is 14.2 Å². The van der Waals surface area contributed by atoms with Gasteiger partial charge < -0.3 is 5.32 Å². The summed E-state index contributed by atoms with van der Waals surface area (Å²) >= 11 is 0. The molecule has 2 rings (SSSR count). The maximum absolute atomic E-state index is 12.6. The van der Waals surface area contributed by atoms with Gasteiger partial charge in [-0.05, 0) is 52.2 Å². The molecule has 0 radical (unpaired) electrons. The molecule has 6 nitrogen and oxygen atoms in total. The third-order valence-corrected chi connectivity index (χ3v) is 3.91. The summed E-state index contributed by atoms with van der Waals surface area (Å²) in [6.45, 7) is 13.7. The average molecular weight is 331 g/mol. The van der Waals surface area contributed by atoms with Crippen LogP contribution in [-0.2, 0) is 19.5 Å². The van der Waals surface area contributed by atoms with Crippen molar-refractivity contribution < 1.29 is 4.79 Å². The summed E-state index contributed by atoms with van der Waals surface area (Å²) in [5, 5.41) is 12.0. The molecule has 24 heavy (non-hydrogen) atoms. The predicted octanol–water partition coefficient (Wildman–Crippen LogP) is 2.73. The maximum atomic E-state index is 12.6. The smallest absolute Gasteiger partial charge is 0.269 e. The first-order valence-corrected chi connectivity index (χ1v) is 8.68. The Morgan fingerprint density at radius 2 is 1.88 bits per heavy atom. The third kappa shape index (κ3) is 4.46. The molecule has 132 valence electrons. The number of carbonyl (C=O) groups is 1. The number of rotatable bonds is 7. The number of nitrogens with zero attached hydrogens (tertiary/aromatic N) is 4. The lowest BCUT2D eigenvalue weighted by atomic mass is 10.1. The van der Waals surface area contributed by atoms with Crippen molar-refractivity contribution in [2.24, 2.45) is 5.92 Å². The number of aryl methyl sites for hydroxylation is 3. The van der Waals surface area contributed by atoms with Crippen molar-refractivity contribution in [2.45, 2.75) is 67.1 Å². The summed E-state index contributed by atoms with van der Waals surface area (Å²) in [7, 11) is 0. The molecule has 1 amide bonds. The van der Waals surface area contributed by atoms with E-state index in [9.17, 15) is 4.79 Å². The molecule has 0 fully saturated rings. The Morgan fingerprint density at radius 3 is 2.42 bits per heavy atom. The Bertz CT molecular complexity index is 698. The van der Waals surface area contributed by atoms with Gasteiger partial charge >= 0.3 is 0 Å². The van der Waals surface area contributed by atoms with Gasteiger partial charge in [0.1, 0.15) is 5.69 Å². The summed E-state index contributed by atoms with van der Waals surface area (Å²) in [6, 6.07) is 3.94. The van der Waals surface area contributed by atoms with Crippen molar-refractivity contribution in [3.63, 3.8) is 0 Å². The molecule has 0 aliphatic carbocycles. The molecule has 0 saturated heterocycles. The molecule has 2 heterocycles. The highest BCUT2D eigenvalue weighted by Gasteiger charge is 2.17. The predicted molar refractivity (Wildman–Crippen MR) is 95.1 cm³/mol.